The zero-order valence-electron chi connectivity index (χ0n) is 15.6. The molecule has 1 saturated heterocycles. The summed E-state index contributed by atoms with van der Waals surface area (Å²) in [6.45, 7) is 4.25. The molecule has 3 heterocycles. The highest BCUT2D eigenvalue weighted by Gasteiger charge is 2.39. The third-order valence-corrected chi connectivity index (χ3v) is 5.10. The number of nitrogens with zero attached hydrogens (tertiary/aromatic N) is 2. The number of nitrogens with one attached hydrogen (secondary N) is 1. The Hall–Kier alpha value is -3.06. The Kier molecular flexibility index (Phi) is 4.47. The van der Waals surface area contributed by atoms with Gasteiger partial charge in [-0.3, -0.25) is 14.6 Å². The molecule has 2 aromatic heterocycles. The van der Waals surface area contributed by atoms with Gasteiger partial charge in [0.05, 0.1) is 29.6 Å². The summed E-state index contributed by atoms with van der Waals surface area (Å²) in [6, 6.07) is 7.83. The summed E-state index contributed by atoms with van der Waals surface area (Å²) in [5, 5.41) is 0.362. The highest BCUT2D eigenvalue weighted by atomic mass is 19.1. The number of halogens is 1. The van der Waals surface area contributed by atoms with Crippen molar-refractivity contribution in [3.63, 3.8) is 0 Å². The first-order chi connectivity index (χ1) is 13.4. The van der Waals surface area contributed by atoms with Crippen LogP contribution in [-0.2, 0) is 4.74 Å². The van der Waals surface area contributed by atoms with Crippen LogP contribution in [0.3, 0.4) is 0 Å². The zero-order valence-corrected chi connectivity index (χ0v) is 15.6. The Morgan fingerprint density at radius 2 is 2.18 bits per heavy atom. The van der Waals surface area contributed by atoms with Gasteiger partial charge in [-0.25, -0.2) is 4.39 Å². The highest BCUT2D eigenvalue weighted by Crippen LogP contribution is 2.31. The maximum Gasteiger partial charge on any atom is 0.259 e. The lowest BCUT2D eigenvalue weighted by Crippen LogP contribution is -2.56. The molecule has 6 nitrogen and oxygen atoms in total. The zero-order chi connectivity index (χ0) is 19.9. The van der Waals surface area contributed by atoms with E-state index in [9.17, 15) is 14.0 Å². The van der Waals surface area contributed by atoms with Crippen molar-refractivity contribution in [1.82, 2.24) is 14.9 Å². The van der Waals surface area contributed by atoms with Gasteiger partial charge in [0.15, 0.2) is 0 Å². The van der Waals surface area contributed by atoms with E-state index in [0.717, 1.165) is 0 Å². The minimum Gasteiger partial charge on any atom is -0.369 e. The number of hydrogen-bond donors (Lipinski definition) is 1. The summed E-state index contributed by atoms with van der Waals surface area (Å²) in [4.78, 5) is 34.7. The molecule has 0 saturated carbocycles. The van der Waals surface area contributed by atoms with Gasteiger partial charge in [-0.15, -0.1) is 0 Å². The topological polar surface area (TPSA) is 75.3 Å². The molecule has 0 spiro atoms. The van der Waals surface area contributed by atoms with Gasteiger partial charge < -0.3 is 14.6 Å². The van der Waals surface area contributed by atoms with Gasteiger partial charge in [0.2, 0.25) is 5.43 Å². The Labute approximate surface area is 161 Å². The number of aromatic amines is 1. The Morgan fingerprint density at radius 1 is 1.36 bits per heavy atom. The molecule has 7 heteroatoms. The first kappa shape index (κ1) is 18.3. The Morgan fingerprint density at radius 3 is 2.96 bits per heavy atom. The number of fused-ring (bicyclic) bond motifs is 1. The lowest BCUT2D eigenvalue weighted by atomic mass is 9.96. The lowest BCUT2D eigenvalue weighted by molar-refractivity contribution is -0.0847. The number of carbonyl (C=O) groups is 1. The van der Waals surface area contributed by atoms with Gasteiger partial charge in [0.25, 0.3) is 5.91 Å². The fourth-order valence-electron chi connectivity index (χ4n) is 3.48. The number of carbonyl (C=O) groups excluding carboxylic acids is 1. The molecule has 1 amide bonds. The Balaban J connectivity index is 1.70. The third-order valence-electron chi connectivity index (χ3n) is 5.10. The van der Waals surface area contributed by atoms with E-state index in [1.807, 2.05) is 13.8 Å². The summed E-state index contributed by atoms with van der Waals surface area (Å²) < 4.78 is 19.5. The van der Waals surface area contributed by atoms with Crippen molar-refractivity contribution in [1.29, 1.82) is 0 Å². The molecule has 3 aromatic rings. The fraction of sp³-hybridized carbons (Fsp3) is 0.286. The van der Waals surface area contributed by atoms with Crippen molar-refractivity contribution in [2.45, 2.75) is 25.5 Å². The first-order valence-corrected chi connectivity index (χ1v) is 9.01. The summed E-state index contributed by atoms with van der Waals surface area (Å²) in [5.41, 5.74) is 0.349. The molecule has 1 fully saturated rings. The lowest BCUT2D eigenvalue weighted by Gasteiger charge is -2.45. The summed E-state index contributed by atoms with van der Waals surface area (Å²) in [6.07, 6.45) is 4.00. The number of hydrogen-bond acceptors (Lipinski definition) is 4. The molecule has 28 heavy (non-hydrogen) atoms. The van der Waals surface area contributed by atoms with Crippen LogP contribution in [-0.4, -0.2) is 39.5 Å². The number of amides is 1. The smallest absolute Gasteiger partial charge is 0.259 e. The number of aromatic nitrogens is 2. The van der Waals surface area contributed by atoms with Crippen molar-refractivity contribution in [2.24, 2.45) is 0 Å². The number of H-pyrrole nitrogens is 1. The number of benzene rings is 1. The standard InChI is InChI=1S/C21H20FN3O3/c1-21(2)12-28-18(13-4-3-5-14(22)8-13)11-25(21)20(27)16-10-24-17-6-7-23-9-15(17)19(16)26/h3-10,18H,11-12H2,1-2H3,(H,24,26). The fourth-order valence-corrected chi connectivity index (χ4v) is 3.48. The molecule has 1 atom stereocenters. The van der Waals surface area contributed by atoms with Crippen molar-refractivity contribution < 1.29 is 13.9 Å². The van der Waals surface area contributed by atoms with E-state index in [1.165, 1.54) is 24.5 Å². The van der Waals surface area contributed by atoms with Crippen LogP contribution >= 0.6 is 0 Å². The molecular weight excluding hydrogens is 361 g/mol. The maximum atomic E-state index is 13.6. The number of rotatable bonds is 2. The van der Waals surface area contributed by atoms with Crippen LogP contribution in [0, 0.1) is 5.82 Å². The molecular formula is C21H20FN3O3. The van der Waals surface area contributed by atoms with Crippen LogP contribution in [0.1, 0.15) is 35.9 Å². The van der Waals surface area contributed by atoms with Crippen molar-refractivity contribution >= 4 is 16.8 Å². The van der Waals surface area contributed by atoms with E-state index in [-0.39, 0.29) is 35.9 Å². The van der Waals surface area contributed by atoms with Crippen molar-refractivity contribution in [2.75, 3.05) is 13.2 Å². The maximum absolute atomic E-state index is 13.6. The van der Waals surface area contributed by atoms with Gasteiger partial charge in [0, 0.05) is 18.6 Å². The van der Waals surface area contributed by atoms with E-state index in [2.05, 4.69) is 9.97 Å². The molecule has 1 N–H and O–H groups in total. The summed E-state index contributed by atoms with van der Waals surface area (Å²) in [7, 11) is 0. The van der Waals surface area contributed by atoms with Crippen LogP contribution in [0.25, 0.3) is 10.9 Å². The largest absolute Gasteiger partial charge is 0.369 e. The number of pyridine rings is 2. The molecule has 1 aliphatic heterocycles. The van der Waals surface area contributed by atoms with E-state index in [4.69, 9.17) is 4.74 Å². The average Bonchev–Trinajstić information content (AvgIpc) is 2.68. The number of ether oxygens (including phenoxy) is 1. The molecule has 0 bridgehead atoms. The van der Waals surface area contributed by atoms with E-state index < -0.39 is 11.6 Å². The highest BCUT2D eigenvalue weighted by molar-refractivity contribution is 5.97. The second-order valence-electron chi connectivity index (χ2n) is 7.54. The second kappa shape index (κ2) is 6.83. The molecule has 0 radical (unpaired) electrons. The molecule has 1 aliphatic rings. The van der Waals surface area contributed by atoms with Crippen molar-refractivity contribution in [3.8, 4) is 0 Å². The Bertz CT molecular complexity index is 1110. The predicted molar refractivity (Wildman–Crippen MR) is 103 cm³/mol. The van der Waals surface area contributed by atoms with Gasteiger partial charge in [-0.05, 0) is 37.6 Å². The summed E-state index contributed by atoms with van der Waals surface area (Å²) >= 11 is 0. The minimum absolute atomic E-state index is 0.0495. The van der Waals surface area contributed by atoms with E-state index >= 15 is 0 Å². The summed E-state index contributed by atoms with van der Waals surface area (Å²) in [5.74, 6) is -0.746. The van der Waals surface area contributed by atoms with E-state index in [0.29, 0.717) is 16.5 Å². The normalized spacial score (nSPS) is 19.0. The van der Waals surface area contributed by atoms with Gasteiger partial charge >= 0.3 is 0 Å². The second-order valence-corrected chi connectivity index (χ2v) is 7.54. The molecule has 4 rings (SSSR count). The van der Waals surface area contributed by atoms with Crippen LogP contribution in [0.2, 0.25) is 0 Å². The molecule has 144 valence electrons. The van der Waals surface area contributed by atoms with Crippen LogP contribution < -0.4 is 5.43 Å². The quantitative estimate of drug-likeness (QED) is 0.740. The van der Waals surface area contributed by atoms with Gasteiger partial charge in [0.1, 0.15) is 17.5 Å². The van der Waals surface area contributed by atoms with Gasteiger partial charge in [-0.2, -0.15) is 0 Å². The third kappa shape index (κ3) is 3.18. The molecule has 1 aromatic carbocycles. The minimum atomic E-state index is -0.614. The molecule has 0 aliphatic carbocycles. The van der Waals surface area contributed by atoms with Crippen LogP contribution in [0.15, 0.2) is 53.7 Å². The first-order valence-electron chi connectivity index (χ1n) is 9.01. The SMILES string of the molecule is CC1(C)COC(c2cccc(F)c2)CN1C(=O)c1c[nH]c2ccncc2c1=O. The average molecular weight is 381 g/mol. The van der Waals surface area contributed by atoms with Crippen LogP contribution in [0.5, 0.6) is 0 Å². The monoisotopic (exact) mass is 381 g/mol. The number of morpholine rings is 1. The van der Waals surface area contributed by atoms with Crippen molar-refractivity contribution in [3.05, 3.63) is 76.1 Å². The van der Waals surface area contributed by atoms with Crippen LogP contribution in [0.4, 0.5) is 4.39 Å². The predicted octanol–water partition coefficient (Wildman–Crippen LogP) is 3.05. The van der Waals surface area contributed by atoms with Gasteiger partial charge in [-0.1, -0.05) is 12.1 Å². The molecule has 1 unspecified atom stereocenters. The van der Waals surface area contributed by atoms with E-state index in [1.54, 1.807) is 29.3 Å².